The summed E-state index contributed by atoms with van der Waals surface area (Å²) in [5, 5.41) is 3.51. The summed E-state index contributed by atoms with van der Waals surface area (Å²) in [7, 11) is 1.71. The number of nitrogens with one attached hydrogen (secondary N) is 1. The van der Waals surface area contributed by atoms with Gasteiger partial charge in [0.05, 0.1) is 7.11 Å². The van der Waals surface area contributed by atoms with Crippen LogP contribution in [0.4, 0.5) is 0 Å². The highest BCUT2D eigenvalue weighted by Gasteiger charge is 2.14. The molecule has 0 bridgehead atoms. The van der Waals surface area contributed by atoms with Gasteiger partial charge in [-0.2, -0.15) is 11.8 Å². The smallest absolute Gasteiger partial charge is 0.119 e. The Morgan fingerprint density at radius 1 is 1.50 bits per heavy atom. The van der Waals surface area contributed by atoms with E-state index in [0.29, 0.717) is 6.04 Å². The SMILES string of the molecule is COc1cccc(C2CSCCN2)c1. The fraction of sp³-hybridized carbons (Fsp3) is 0.455. The third-order valence-electron chi connectivity index (χ3n) is 2.42. The van der Waals surface area contributed by atoms with E-state index in [1.165, 1.54) is 11.3 Å². The van der Waals surface area contributed by atoms with E-state index in [1.54, 1.807) is 7.11 Å². The van der Waals surface area contributed by atoms with Crippen molar-refractivity contribution in [2.24, 2.45) is 0 Å². The van der Waals surface area contributed by atoms with Crippen molar-refractivity contribution in [2.45, 2.75) is 6.04 Å². The van der Waals surface area contributed by atoms with Crippen LogP contribution in [0.3, 0.4) is 0 Å². The van der Waals surface area contributed by atoms with Gasteiger partial charge < -0.3 is 10.1 Å². The van der Waals surface area contributed by atoms with Gasteiger partial charge in [-0.1, -0.05) is 12.1 Å². The van der Waals surface area contributed by atoms with Crippen LogP contribution in [0.15, 0.2) is 24.3 Å². The number of hydrogen-bond donors (Lipinski definition) is 1. The first-order valence-corrected chi connectivity index (χ1v) is 6.00. The Hall–Kier alpha value is -0.670. The molecule has 1 aliphatic heterocycles. The number of rotatable bonds is 2. The zero-order valence-electron chi connectivity index (χ0n) is 8.32. The summed E-state index contributed by atoms with van der Waals surface area (Å²) in [6, 6.07) is 8.80. The predicted octanol–water partition coefficient (Wildman–Crippen LogP) is 2.07. The Kier molecular flexibility index (Phi) is 3.32. The van der Waals surface area contributed by atoms with Gasteiger partial charge in [0, 0.05) is 24.1 Å². The van der Waals surface area contributed by atoms with E-state index >= 15 is 0 Å². The second kappa shape index (κ2) is 4.71. The lowest BCUT2D eigenvalue weighted by molar-refractivity contribution is 0.413. The van der Waals surface area contributed by atoms with Gasteiger partial charge in [0.15, 0.2) is 0 Å². The normalized spacial score (nSPS) is 21.9. The molecule has 1 heterocycles. The summed E-state index contributed by atoms with van der Waals surface area (Å²) in [5.41, 5.74) is 1.33. The minimum atomic E-state index is 0.490. The summed E-state index contributed by atoms with van der Waals surface area (Å²) in [5.74, 6) is 3.33. The number of benzene rings is 1. The highest BCUT2D eigenvalue weighted by atomic mass is 32.2. The Bertz CT molecular complexity index is 297. The van der Waals surface area contributed by atoms with Gasteiger partial charge in [0.25, 0.3) is 0 Å². The third kappa shape index (κ3) is 2.22. The fourth-order valence-corrected chi connectivity index (χ4v) is 2.61. The molecule has 0 aliphatic carbocycles. The molecule has 0 aromatic heterocycles. The Balaban J connectivity index is 2.13. The second-order valence-corrected chi connectivity index (χ2v) is 4.51. The van der Waals surface area contributed by atoms with Crippen LogP contribution in [-0.4, -0.2) is 25.2 Å². The van der Waals surface area contributed by atoms with Crippen LogP contribution in [0.25, 0.3) is 0 Å². The molecule has 1 N–H and O–H groups in total. The van der Waals surface area contributed by atoms with Crippen LogP contribution >= 0.6 is 11.8 Å². The maximum Gasteiger partial charge on any atom is 0.119 e. The van der Waals surface area contributed by atoms with E-state index in [9.17, 15) is 0 Å². The maximum atomic E-state index is 5.21. The molecule has 1 aromatic rings. The third-order valence-corrected chi connectivity index (χ3v) is 3.48. The summed E-state index contributed by atoms with van der Waals surface area (Å²) >= 11 is 2.01. The van der Waals surface area contributed by atoms with Crippen LogP contribution in [0, 0.1) is 0 Å². The van der Waals surface area contributed by atoms with Crippen molar-refractivity contribution in [3.8, 4) is 5.75 Å². The van der Waals surface area contributed by atoms with E-state index in [1.807, 2.05) is 17.8 Å². The first kappa shape index (κ1) is 9.87. The summed E-state index contributed by atoms with van der Waals surface area (Å²) < 4.78 is 5.21. The highest BCUT2D eigenvalue weighted by Crippen LogP contribution is 2.24. The maximum absolute atomic E-state index is 5.21. The van der Waals surface area contributed by atoms with E-state index in [0.717, 1.165) is 18.0 Å². The van der Waals surface area contributed by atoms with E-state index in [2.05, 4.69) is 23.5 Å². The molecule has 1 aliphatic rings. The molecule has 0 amide bonds. The number of methoxy groups -OCH3 is 1. The van der Waals surface area contributed by atoms with Crippen molar-refractivity contribution in [1.29, 1.82) is 0 Å². The minimum Gasteiger partial charge on any atom is -0.497 e. The van der Waals surface area contributed by atoms with Crippen molar-refractivity contribution >= 4 is 11.8 Å². The van der Waals surface area contributed by atoms with Gasteiger partial charge >= 0.3 is 0 Å². The van der Waals surface area contributed by atoms with Crippen LogP contribution < -0.4 is 10.1 Å². The molecule has 14 heavy (non-hydrogen) atoms. The molecular weight excluding hydrogens is 194 g/mol. The van der Waals surface area contributed by atoms with Crippen molar-refractivity contribution < 1.29 is 4.74 Å². The first-order valence-electron chi connectivity index (χ1n) is 4.85. The zero-order valence-corrected chi connectivity index (χ0v) is 9.14. The number of hydrogen-bond acceptors (Lipinski definition) is 3. The second-order valence-electron chi connectivity index (χ2n) is 3.36. The molecule has 1 fully saturated rings. The van der Waals surface area contributed by atoms with Gasteiger partial charge in [-0.15, -0.1) is 0 Å². The van der Waals surface area contributed by atoms with Gasteiger partial charge in [-0.25, -0.2) is 0 Å². The van der Waals surface area contributed by atoms with E-state index < -0.39 is 0 Å². The van der Waals surface area contributed by atoms with Crippen LogP contribution in [-0.2, 0) is 0 Å². The van der Waals surface area contributed by atoms with E-state index in [-0.39, 0.29) is 0 Å². The molecule has 0 radical (unpaired) electrons. The molecule has 76 valence electrons. The molecule has 2 rings (SSSR count). The Morgan fingerprint density at radius 2 is 2.43 bits per heavy atom. The van der Waals surface area contributed by atoms with Gasteiger partial charge in [-0.3, -0.25) is 0 Å². The number of thioether (sulfide) groups is 1. The fourth-order valence-electron chi connectivity index (χ4n) is 1.64. The Labute approximate surface area is 89.0 Å². The largest absolute Gasteiger partial charge is 0.497 e. The molecule has 0 saturated carbocycles. The molecule has 1 saturated heterocycles. The zero-order chi connectivity index (χ0) is 9.80. The Morgan fingerprint density at radius 3 is 3.14 bits per heavy atom. The monoisotopic (exact) mass is 209 g/mol. The van der Waals surface area contributed by atoms with Crippen molar-refractivity contribution in [3.63, 3.8) is 0 Å². The lowest BCUT2D eigenvalue weighted by Gasteiger charge is -2.23. The van der Waals surface area contributed by atoms with Crippen molar-refractivity contribution in [1.82, 2.24) is 5.32 Å². The summed E-state index contributed by atoms with van der Waals surface area (Å²) in [6.07, 6.45) is 0. The van der Waals surface area contributed by atoms with Crippen LogP contribution in [0.2, 0.25) is 0 Å². The van der Waals surface area contributed by atoms with Crippen molar-refractivity contribution in [3.05, 3.63) is 29.8 Å². The number of ether oxygens (including phenoxy) is 1. The molecule has 1 unspecified atom stereocenters. The van der Waals surface area contributed by atoms with Gasteiger partial charge in [0.1, 0.15) is 5.75 Å². The molecule has 1 atom stereocenters. The summed E-state index contributed by atoms with van der Waals surface area (Å²) in [4.78, 5) is 0. The lowest BCUT2D eigenvalue weighted by Crippen LogP contribution is -2.30. The van der Waals surface area contributed by atoms with Crippen LogP contribution in [0.1, 0.15) is 11.6 Å². The average molecular weight is 209 g/mol. The minimum absolute atomic E-state index is 0.490. The van der Waals surface area contributed by atoms with Gasteiger partial charge in [-0.05, 0) is 17.7 Å². The molecule has 3 heteroatoms. The van der Waals surface area contributed by atoms with E-state index in [4.69, 9.17) is 4.74 Å². The standard InChI is InChI=1S/C11H15NOS/c1-13-10-4-2-3-9(7-10)11-8-14-6-5-12-11/h2-4,7,11-12H,5-6,8H2,1H3. The molecular formula is C11H15NOS. The quantitative estimate of drug-likeness (QED) is 0.805. The molecule has 1 aromatic carbocycles. The van der Waals surface area contributed by atoms with Crippen LogP contribution in [0.5, 0.6) is 5.75 Å². The molecule has 2 nitrogen and oxygen atoms in total. The lowest BCUT2D eigenvalue weighted by atomic mass is 10.1. The van der Waals surface area contributed by atoms with Crippen molar-refractivity contribution in [2.75, 3.05) is 25.2 Å². The average Bonchev–Trinajstić information content (AvgIpc) is 2.30. The summed E-state index contributed by atoms with van der Waals surface area (Å²) in [6.45, 7) is 1.10. The molecule has 0 spiro atoms. The topological polar surface area (TPSA) is 21.3 Å². The first-order chi connectivity index (χ1) is 6.90. The highest BCUT2D eigenvalue weighted by molar-refractivity contribution is 7.99. The van der Waals surface area contributed by atoms with Gasteiger partial charge in [0.2, 0.25) is 0 Å². The predicted molar refractivity (Wildman–Crippen MR) is 61.1 cm³/mol.